The highest BCUT2D eigenvalue weighted by molar-refractivity contribution is 6.04. The number of para-hydroxylation sites is 1. The fraction of sp³-hybridized carbons (Fsp3) is 0.481. The molecule has 34 heavy (non-hydrogen) atoms. The number of aryl methyl sites for hydroxylation is 1. The number of aromatic nitrogens is 2. The summed E-state index contributed by atoms with van der Waals surface area (Å²) in [5.41, 5.74) is 2.56. The highest BCUT2D eigenvalue weighted by atomic mass is 19.4. The Bertz CT molecular complexity index is 1170. The number of pyridine rings is 1. The summed E-state index contributed by atoms with van der Waals surface area (Å²) >= 11 is 0. The van der Waals surface area contributed by atoms with Crippen molar-refractivity contribution in [3.05, 3.63) is 64.6 Å². The van der Waals surface area contributed by atoms with Crippen molar-refractivity contribution in [1.82, 2.24) is 9.55 Å². The van der Waals surface area contributed by atoms with E-state index in [-0.39, 0.29) is 12.1 Å². The van der Waals surface area contributed by atoms with Gasteiger partial charge < -0.3 is 9.67 Å². The molecule has 4 rings (SSSR count). The van der Waals surface area contributed by atoms with Crippen LogP contribution >= 0.6 is 0 Å². The summed E-state index contributed by atoms with van der Waals surface area (Å²) in [7, 11) is 0. The van der Waals surface area contributed by atoms with Crippen LogP contribution in [0, 0.1) is 5.92 Å². The van der Waals surface area contributed by atoms with Gasteiger partial charge in [-0.2, -0.15) is 13.2 Å². The Hall–Kier alpha value is -2.83. The van der Waals surface area contributed by atoms with Crippen LogP contribution in [0.5, 0.6) is 0 Å². The van der Waals surface area contributed by atoms with Crippen LogP contribution in [0.15, 0.2) is 36.5 Å². The van der Waals surface area contributed by atoms with Gasteiger partial charge in [-0.3, -0.25) is 4.98 Å². The molecule has 2 aromatic heterocycles. The predicted molar refractivity (Wildman–Crippen MR) is 126 cm³/mol. The number of carboxylic acid groups (broad SMARTS) is 1. The molecule has 0 aliphatic heterocycles. The number of rotatable bonds is 8. The van der Waals surface area contributed by atoms with E-state index in [0.29, 0.717) is 17.0 Å². The van der Waals surface area contributed by atoms with Crippen molar-refractivity contribution in [3.63, 3.8) is 0 Å². The van der Waals surface area contributed by atoms with Gasteiger partial charge in [0.1, 0.15) is 5.69 Å². The van der Waals surface area contributed by atoms with E-state index in [1.807, 2.05) is 10.6 Å². The lowest BCUT2D eigenvalue weighted by molar-refractivity contribution is -0.141. The Balaban J connectivity index is 1.78. The number of fused-ring (bicyclic) bond motifs is 3. The highest BCUT2D eigenvalue weighted by Gasteiger charge is 2.33. The van der Waals surface area contributed by atoms with Gasteiger partial charge in [-0.15, -0.1) is 0 Å². The van der Waals surface area contributed by atoms with Crippen molar-refractivity contribution in [2.24, 2.45) is 5.92 Å². The normalized spacial score (nSPS) is 16.4. The van der Waals surface area contributed by atoms with Crippen LogP contribution in [-0.2, 0) is 25.6 Å². The highest BCUT2D eigenvalue weighted by Crippen LogP contribution is 2.37. The molecule has 182 valence electrons. The van der Waals surface area contributed by atoms with Crippen LogP contribution in [0.2, 0.25) is 0 Å². The first-order chi connectivity index (χ1) is 16.3. The van der Waals surface area contributed by atoms with Gasteiger partial charge in [-0.1, -0.05) is 51.2 Å². The lowest BCUT2D eigenvalue weighted by Crippen LogP contribution is -2.13. The molecule has 3 aromatic rings. The van der Waals surface area contributed by atoms with Crippen LogP contribution in [-0.4, -0.2) is 20.6 Å². The van der Waals surface area contributed by atoms with Crippen molar-refractivity contribution in [2.75, 3.05) is 0 Å². The molecule has 7 heteroatoms. The van der Waals surface area contributed by atoms with Crippen molar-refractivity contribution in [2.45, 2.75) is 77.4 Å². The number of hydrogen-bond acceptors (Lipinski definition) is 2. The van der Waals surface area contributed by atoms with E-state index < -0.39 is 17.8 Å². The van der Waals surface area contributed by atoms with Crippen LogP contribution < -0.4 is 0 Å². The lowest BCUT2D eigenvalue weighted by Gasteiger charge is -2.18. The maximum atomic E-state index is 13.3. The molecule has 4 nitrogen and oxygen atoms in total. The number of aromatic carboxylic acids is 1. The fourth-order valence-corrected chi connectivity index (χ4v) is 5.35. The summed E-state index contributed by atoms with van der Waals surface area (Å²) in [5.74, 6) is -0.529. The van der Waals surface area contributed by atoms with Crippen LogP contribution in [0.4, 0.5) is 13.2 Å². The third-order valence-electron chi connectivity index (χ3n) is 6.98. The van der Waals surface area contributed by atoms with Gasteiger partial charge in [0.15, 0.2) is 0 Å². The van der Waals surface area contributed by atoms with Crippen LogP contribution in [0.3, 0.4) is 0 Å². The quantitative estimate of drug-likeness (QED) is 0.277. The second kappa shape index (κ2) is 10.2. The molecule has 0 radical (unpaired) electrons. The first kappa shape index (κ1) is 24.3. The maximum absolute atomic E-state index is 13.3. The summed E-state index contributed by atoms with van der Waals surface area (Å²) in [6, 6.07) is 7.94. The zero-order valence-electron chi connectivity index (χ0n) is 19.5. The summed E-state index contributed by atoms with van der Waals surface area (Å²) in [5, 5.41) is 10.8. The molecular formula is C27H31F3N2O2. The fourth-order valence-electron chi connectivity index (χ4n) is 5.35. The number of unbranched alkanes of at least 4 members (excludes halogenated alkanes) is 3. The zero-order valence-corrected chi connectivity index (χ0v) is 19.5. The van der Waals surface area contributed by atoms with Gasteiger partial charge in [0, 0.05) is 23.8 Å². The van der Waals surface area contributed by atoms with Gasteiger partial charge >= 0.3 is 12.1 Å². The minimum absolute atomic E-state index is 0.185. The monoisotopic (exact) mass is 472 g/mol. The minimum atomic E-state index is -4.53. The van der Waals surface area contributed by atoms with Gasteiger partial charge in [0.2, 0.25) is 0 Å². The summed E-state index contributed by atoms with van der Waals surface area (Å²) in [6.07, 6.45) is 6.42. The number of alkyl halides is 3. The van der Waals surface area contributed by atoms with E-state index in [1.165, 1.54) is 31.9 Å². The Kier molecular flexibility index (Phi) is 7.29. The van der Waals surface area contributed by atoms with E-state index in [1.54, 1.807) is 18.2 Å². The van der Waals surface area contributed by atoms with E-state index in [4.69, 9.17) is 0 Å². The first-order valence-corrected chi connectivity index (χ1v) is 12.2. The minimum Gasteiger partial charge on any atom is -0.478 e. The molecule has 0 bridgehead atoms. The smallest absolute Gasteiger partial charge is 0.433 e. The van der Waals surface area contributed by atoms with Crippen molar-refractivity contribution in [1.29, 1.82) is 0 Å². The molecule has 0 saturated carbocycles. The predicted octanol–water partition coefficient (Wildman–Crippen LogP) is 7.27. The number of carboxylic acids is 1. The summed E-state index contributed by atoms with van der Waals surface area (Å²) in [4.78, 5) is 15.6. The number of carbonyl (C=O) groups is 1. The van der Waals surface area contributed by atoms with E-state index in [2.05, 4.69) is 11.9 Å². The van der Waals surface area contributed by atoms with Gasteiger partial charge in [-0.25, -0.2) is 4.79 Å². The first-order valence-electron chi connectivity index (χ1n) is 12.2. The Morgan fingerprint density at radius 2 is 2.03 bits per heavy atom. The number of halogens is 3. The van der Waals surface area contributed by atoms with Crippen LogP contribution in [0.25, 0.3) is 10.9 Å². The molecule has 1 aliphatic rings. The molecule has 1 N–H and O–H groups in total. The molecule has 2 heterocycles. The maximum Gasteiger partial charge on any atom is 0.433 e. The number of hydrogen-bond donors (Lipinski definition) is 1. The molecule has 0 amide bonds. The van der Waals surface area contributed by atoms with Gasteiger partial charge in [0.25, 0.3) is 0 Å². The Morgan fingerprint density at radius 3 is 2.76 bits per heavy atom. The standard InChI is InChI=1S/C27H31F3N2O2/c1-2-3-4-5-8-18-9-6-10-20-21-11-7-12-22(26(33)34)25(21)32(23(20)15-18)17-19-13-14-31-24(16-19)27(28,29)30/h7,11-14,16,18H,2-6,8-10,15,17H2,1H3,(H,33,34). The Morgan fingerprint density at radius 1 is 1.21 bits per heavy atom. The van der Waals surface area contributed by atoms with Crippen LogP contribution in [0.1, 0.15) is 84.7 Å². The molecule has 1 atom stereocenters. The lowest BCUT2D eigenvalue weighted by atomic mass is 9.93. The average molecular weight is 473 g/mol. The molecular weight excluding hydrogens is 441 g/mol. The number of nitrogens with zero attached hydrogens (tertiary/aromatic N) is 2. The Labute approximate surface area is 197 Å². The zero-order chi connectivity index (χ0) is 24.3. The van der Waals surface area contributed by atoms with E-state index in [0.717, 1.165) is 54.8 Å². The molecule has 0 saturated heterocycles. The van der Waals surface area contributed by atoms with E-state index in [9.17, 15) is 23.1 Å². The third kappa shape index (κ3) is 5.13. The molecule has 1 unspecified atom stereocenters. The van der Waals surface area contributed by atoms with Gasteiger partial charge in [0.05, 0.1) is 11.1 Å². The largest absolute Gasteiger partial charge is 0.478 e. The summed E-state index contributed by atoms with van der Waals surface area (Å²) < 4.78 is 41.8. The van der Waals surface area contributed by atoms with Crippen molar-refractivity contribution in [3.8, 4) is 0 Å². The second-order valence-corrected chi connectivity index (χ2v) is 9.38. The molecule has 1 aliphatic carbocycles. The van der Waals surface area contributed by atoms with Crippen molar-refractivity contribution < 1.29 is 23.1 Å². The van der Waals surface area contributed by atoms with Gasteiger partial charge in [-0.05, 0) is 60.9 Å². The second-order valence-electron chi connectivity index (χ2n) is 9.38. The molecule has 0 fully saturated rings. The SMILES string of the molecule is CCCCCCC1CCCc2c(n(Cc3ccnc(C(F)(F)F)c3)c3c(C(=O)O)cccc23)C1. The molecule has 1 aromatic carbocycles. The summed E-state index contributed by atoms with van der Waals surface area (Å²) in [6.45, 7) is 2.38. The van der Waals surface area contributed by atoms with Crippen molar-refractivity contribution >= 4 is 16.9 Å². The topological polar surface area (TPSA) is 55.1 Å². The third-order valence-corrected chi connectivity index (χ3v) is 6.98. The average Bonchev–Trinajstić information content (AvgIpc) is 2.94. The molecule has 0 spiro atoms. The number of benzene rings is 1. The van der Waals surface area contributed by atoms with E-state index >= 15 is 0 Å².